The van der Waals surface area contributed by atoms with Crippen LogP contribution >= 0.6 is 0 Å². The Balaban J connectivity index is 1.98. The number of ether oxygens (including phenoxy) is 1. The van der Waals surface area contributed by atoms with E-state index in [1.165, 1.54) is 24.6 Å². The third kappa shape index (κ3) is 3.91. The number of nitro groups is 1. The first-order chi connectivity index (χ1) is 9.66. The van der Waals surface area contributed by atoms with Crippen molar-refractivity contribution >= 4 is 17.7 Å². The molecule has 5 heteroatoms. The van der Waals surface area contributed by atoms with Crippen LogP contribution in [-0.4, -0.2) is 17.0 Å². The molecule has 1 aromatic rings. The molecule has 0 N–H and O–H groups in total. The molecule has 0 saturated heterocycles. The molecule has 1 aliphatic carbocycles. The Bertz CT molecular complexity index is 518. The molecule has 1 saturated carbocycles. The highest BCUT2D eigenvalue weighted by Gasteiger charge is 2.16. The second-order valence-electron chi connectivity index (χ2n) is 4.85. The Morgan fingerprint density at radius 1 is 1.25 bits per heavy atom. The van der Waals surface area contributed by atoms with E-state index in [1.807, 2.05) is 0 Å². The maximum absolute atomic E-state index is 11.7. The molecule has 2 rings (SSSR count). The summed E-state index contributed by atoms with van der Waals surface area (Å²) < 4.78 is 5.32. The summed E-state index contributed by atoms with van der Waals surface area (Å²) in [6.45, 7) is 0. The zero-order chi connectivity index (χ0) is 14.4. The molecule has 0 atom stereocenters. The maximum atomic E-state index is 11.7. The average Bonchev–Trinajstić information content (AvgIpc) is 2.46. The van der Waals surface area contributed by atoms with Gasteiger partial charge in [-0.15, -0.1) is 0 Å². The van der Waals surface area contributed by atoms with Crippen molar-refractivity contribution in [1.29, 1.82) is 0 Å². The van der Waals surface area contributed by atoms with Crippen LogP contribution in [0.1, 0.15) is 37.7 Å². The zero-order valence-corrected chi connectivity index (χ0v) is 11.2. The molecular formula is C15H17NO4. The van der Waals surface area contributed by atoms with E-state index in [1.54, 1.807) is 18.2 Å². The quantitative estimate of drug-likeness (QED) is 0.365. The van der Waals surface area contributed by atoms with Crippen molar-refractivity contribution in [1.82, 2.24) is 0 Å². The summed E-state index contributed by atoms with van der Waals surface area (Å²) in [6, 6.07) is 6.30. The number of nitro benzene ring substituents is 1. The first-order valence-corrected chi connectivity index (χ1v) is 6.79. The molecule has 1 fully saturated rings. The summed E-state index contributed by atoms with van der Waals surface area (Å²) in [6.07, 6.45) is 7.88. The maximum Gasteiger partial charge on any atom is 0.331 e. The molecule has 5 nitrogen and oxygen atoms in total. The van der Waals surface area contributed by atoms with Gasteiger partial charge in [0.1, 0.15) is 6.10 Å². The van der Waals surface area contributed by atoms with Crippen LogP contribution in [0.2, 0.25) is 0 Å². The fourth-order valence-corrected chi connectivity index (χ4v) is 2.34. The van der Waals surface area contributed by atoms with E-state index in [4.69, 9.17) is 4.74 Å². The van der Waals surface area contributed by atoms with Crippen LogP contribution in [0.5, 0.6) is 0 Å². The van der Waals surface area contributed by atoms with Crippen molar-refractivity contribution in [3.05, 3.63) is 46.0 Å². The molecular weight excluding hydrogens is 258 g/mol. The third-order valence-electron chi connectivity index (χ3n) is 3.37. The predicted molar refractivity (Wildman–Crippen MR) is 75.1 cm³/mol. The van der Waals surface area contributed by atoms with Gasteiger partial charge in [0.15, 0.2) is 0 Å². The van der Waals surface area contributed by atoms with E-state index >= 15 is 0 Å². The lowest BCUT2D eigenvalue weighted by atomic mass is 9.98. The second-order valence-corrected chi connectivity index (χ2v) is 4.85. The number of hydrogen-bond donors (Lipinski definition) is 0. The lowest BCUT2D eigenvalue weighted by molar-refractivity contribution is -0.385. The van der Waals surface area contributed by atoms with Crippen LogP contribution in [0, 0.1) is 10.1 Å². The van der Waals surface area contributed by atoms with Crippen molar-refractivity contribution in [3.8, 4) is 0 Å². The number of benzene rings is 1. The normalized spacial score (nSPS) is 16.2. The molecule has 0 radical (unpaired) electrons. The van der Waals surface area contributed by atoms with E-state index in [2.05, 4.69) is 0 Å². The summed E-state index contributed by atoms with van der Waals surface area (Å²) in [5.74, 6) is -0.435. The Hall–Kier alpha value is -2.17. The van der Waals surface area contributed by atoms with Gasteiger partial charge in [-0.05, 0) is 37.8 Å². The fraction of sp³-hybridized carbons (Fsp3) is 0.400. The van der Waals surface area contributed by atoms with Gasteiger partial charge in [0.25, 0.3) is 5.69 Å². The molecule has 20 heavy (non-hydrogen) atoms. The first kappa shape index (κ1) is 14.2. The van der Waals surface area contributed by atoms with E-state index < -0.39 is 10.9 Å². The van der Waals surface area contributed by atoms with Crippen molar-refractivity contribution in [2.45, 2.75) is 38.2 Å². The molecule has 0 spiro atoms. The Labute approximate surface area is 117 Å². The topological polar surface area (TPSA) is 69.4 Å². The van der Waals surface area contributed by atoms with Crippen molar-refractivity contribution in [2.75, 3.05) is 0 Å². The van der Waals surface area contributed by atoms with Crippen molar-refractivity contribution < 1.29 is 14.5 Å². The lowest BCUT2D eigenvalue weighted by Gasteiger charge is -2.20. The zero-order valence-electron chi connectivity index (χ0n) is 11.2. The number of hydrogen-bond acceptors (Lipinski definition) is 4. The standard InChI is InChI=1S/C15H17NO4/c17-15(20-13-7-2-1-3-8-13)11-10-12-6-4-5-9-14(12)16(18)19/h4-6,9-11,13H,1-3,7-8H2. The van der Waals surface area contributed by atoms with Gasteiger partial charge in [0.2, 0.25) is 0 Å². The van der Waals surface area contributed by atoms with Gasteiger partial charge < -0.3 is 4.74 Å². The summed E-state index contributed by atoms with van der Waals surface area (Å²) in [5, 5.41) is 10.8. The molecule has 106 valence electrons. The largest absolute Gasteiger partial charge is 0.459 e. The third-order valence-corrected chi connectivity index (χ3v) is 3.37. The summed E-state index contributed by atoms with van der Waals surface area (Å²) in [7, 11) is 0. The van der Waals surface area contributed by atoms with Gasteiger partial charge in [0.05, 0.1) is 10.5 Å². The lowest BCUT2D eigenvalue weighted by Crippen LogP contribution is -2.19. The van der Waals surface area contributed by atoms with Gasteiger partial charge in [-0.3, -0.25) is 10.1 Å². The Morgan fingerprint density at radius 2 is 1.95 bits per heavy atom. The predicted octanol–water partition coefficient (Wildman–Crippen LogP) is 3.48. The SMILES string of the molecule is O=C(C=Cc1ccccc1[N+](=O)[O-])OC1CCCCC1. The second kappa shape index (κ2) is 6.84. The number of esters is 1. The minimum atomic E-state index is -0.466. The molecule has 0 bridgehead atoms. The highest BCUT2D eigenvalue weighted by molar-refractivity contribution is 5.88. The van der Waals surface area contributed by atoms with E-state index in [-0.39, 0.29) is 11.8 Å². The number of carbonyl (C=O) groups excluding carboxylic acids is 1. The molecule has 0 amide bonds. The summed E-state index contributed by atoms with van der Waals surface area (Å²) >= 11 is 0. The van der Waals surface area contributed by atoms with E-state index in [9.17, 15) is 14.9 Å². The van der Waals surface area contributed by atoms with E-state index in [0.717, 1.165) is 25.7 Å². The van der Waals surface area contributed by atoms with Crippen LogP contribution in [0.15, 0.2) is 30.3 Å². The Morgan fingerprint density at radius 3 is 2.65 bits per heavy atom. The van der Waals surface area contributed by atoms with Gasteiger partial charge in [0, 0.05) is 12.1 Å². The van der Waals surface area contributed by atoms with Crippen LogP contribution in [-0.2, 0) is 9.53 Å². The highest BCUT2D eigenvalue weighted by Crippen LogP contribution is 2.21. The number of para-hydroxylation sites is 1. The summed E-state index contributed by atoms with van der Waals surface area (Å²) in [4.78, 5) is 22.1. The first-order valence-electron chi connectivity index (χ1n) is 6.79. The van der Waals surface area contributed by atoms with Crippen LogP contribution < -0.4 is 0 Å². The van der Waals surface area contributed by atoms with Gasteiger partial charge >= 0.3 is 5.97 Å². The fourth-order valence-electron chi connectivity index (χ4n) is 2.34. The van der Waals surface area contributed by atoms with E-state index in [0.29, 0.717) is 5.56 Å². The summed E-state index contributed by atoms with van der Waals surface area (Å²) in [5.41, 5.74) is 0.382. The average molecular weight is 275 g/mol. The minimum absolute atomic E-state index is 0.00772. The van der Waals surface area contributed by atoms with Gasteiger partial charge in [-0.25, -0.2) is 4.79 Å². The molecule has 1 aromatic carbocycles. The highest BCUT2D eigenvalue weighted by atomic mass is 16.6. The Kier molecular flexibility index (Phi) is 4.87. The molecule has 0 aliphatic heterocycles. The van der Waals surface area contributed by atoms with Gasteiger partial charge in [-0.2, -0.15) is 0 Å². The molecule has 0 heterocycles. The monoisotopic (exact) mass is 275 g/mol. The van der Waals surface area contributed by atoms with Gasteiger partial charge in [-0.1, -0.05) is 18.6 Å². The van der Waals surface area contributed by atoms with Crippen LogP contribution in [0.3, 0.4) is 0 Å². The number of carbonyl (C=O) groups is 1. The smallest absolute Gasteiger partial charge is 0.331 e. The number of nitrogens with zero attached hydrogens (tertiary/aromatic N) is 1. The number of rotatable bonds is 4. The van der Waals surface area contributed by atoms with Crippen LogP contribution in [0.25, 0.3) is 6.08 Å². The van der Waals surface area contributed by atoms with Crippen molar-refractivity contribution in [3.63, 3.8) is 0 Å². The van der Waals surface area contributed by atoms with Crippen molar-refractivity contribution in [2.24, 2.45) is 0 Å². The molecule has 0 unspecified atom stereocenters. The van der Waals surface area contributed by atoms with Crippen LogP contribution in [0.4, 0.5) is 5.69 Å². The minimum Gasteiger partial charge on any atom is -0.459 e. The molecule has 0 aromatic heterocycles. The molecule has 1 aliphatic rings.